The summed E-state index contributed by atoms with van der Waals surface area (Å²) in [5, 5.41) is 0. The van der Waals surface area contributed by atoms with E-state index in [1.165, 1.54) is 5.69 Å². The molecule has 15 heavy (non-hydrogen) atoms. The lowest BCUT2D eigenvalue weighted by molar-refractivity contribution is 0.288. The van der Waals surface area contributed by atoms with Crippen LogP contribution in [0.4, 0.5) is 0 Å². The summed E-state index contributed by atoms with van der Waals surface area (Å²) in [6, 6.07) is 0. The molecule has 0 fully saturated rings. The number of hydrogen-bond acceptors (Lipinski definition) is 2. The number of aromatic nitrogens is 2. The molecule has 86 valence electrons. The lowest BCUT2D eigenvalue weighted by atomic mass is 10.3. The zero-order valence-corrected chi connectivity index (χ0v) is 10.7. The lowest BCUT2D eigenvalue weighted by Crippen LogP contribution is -2.27. The summed E-state index contributed by atoms with van der Waals surface area (Å²) in [5.41, 5.74) is 2.46. The molecule has 0 aliphatic rings. The van der Waals surface area contributed by atoms with E-state index in [1.807, 2.05) is 0 Å². The third-order valence-electron chi connectivity index (χ3n) is 3.18. The van der Waals surface area contributed by atoms with Crippen molar-refractivity contribution in [2.45, 2.75) is 41.2 Å². The van der Waals surface area contributed by atoms with Crippen molar-refractivity contribution in [1.82, 2.24) is 14.5 Å². The number of likely N-dealkylation sites (N-methyl/N-ethyl adjacent to an activating group) is 1. The predicted molar refractivity (Wildman–Crippen MR) is 64.2 cm³/mol. The van der Waals surface area contributed by atoms with Gasteiger partial charge in [0.15, 0.2) is 0 Å². The number of aryl methyl sites for hydroxylation is 2. The molecule has 0 aliphatic carbocycles. The fraction of sp³-hybridized carbons (Fsp3) is 0.750. The molecule has 0 bridgehead atoms. The third kappa shape index (κ3) is 2.81. The zero-order chi connectivity index (χ0) is 11.4. The second-order valence-electron chi connectivity index (χ2n) is 4.01. The summed E-state index contributed by atoms with van der Waals surface area (Å²) in [4.78, 5) is 6.92. The topological polar surface area (TPSA) is 21.1 Å². The van der Waals surface area contributed by atoms with Crippen LogP contribution in [0.3, 0.4) is 0 Å². The van der Waals surface area contributed by atoms with Crippen molar-refractivity contribution in [3.8, 4) is 0 Å². The molecule has 0 saturated heterocycles. The minimum absolute atomic E-state index is 1.06. The lowest BCUT2D eigenvalue weighted by Gasteiger charge is -2.19. The van der Waals surface area contributed by atoms with Crippen molar-refractivity contribution in [3.63, 3.8) is 0 Å². The molecular weight excluding hydrogens is 186 g/mol. The van der Waals surface area contributed by atoms with Crippen LogP contribution in [0, 0.1) is 20.8 Å². The van der Waals surface area contributed by atoms with Crippen molar-refractivity contribution >= 4 is 0 Å². The minimum atomic E-state index is 1.06. The summed E-state index contributed by atoms with van der Waals surface area (Å²) < 4.78 is 2.31. The van der Waals surface area contributed by atoms with E-state index in [4.69, 9.17) is 0 Å². The Morgan fingerprint density at radius 2 is 1.73 bits per heavy atom. The smallest absolute Gasteiger partial charge is 0.106 e. The van der Waals surface area contributed by atoms with Crippen LogP contribution in [0.1, 0.15) is 31.1 Å². The maximum atomic E-state index is 4.48. The largest absolute Gasteiger partial charge is 0.331 e. The first-order chi connectivity index (χ1) is 7.10. The van der Waals surface area contributed by atoms with Crippen LogP contribution < -0.4 is 0 Å². The molecule has 0 spiro atoms. The number of rotatable bonds is 5. The van der Waals surface area contributed by atoms with E-state index in [0.29, 0.717) is 0 Å². The van der Waals surface area contributed by atoms with Gasteiger partial charge in [-0.05, 0) is 33.9 Å². The Bertz CT molecular complexity index is 311. The summed E-state index contributed by atoms with van der Waals surface area (Å²) in [7, 11) is 0. The summed E-state index contributed by atoms with van der Waals surface area (Å²) in [5.74, 6) is 1.14. The fourth-order valence-corrected chi connectivity index (χ4v) is 1.93. The van der Waals surface area contributed by atoms with Crippen LogP contribution in [-0.4, -0.2) is 34.1 Å². The monoisotopic (exact) mass is 209 g/mol. The van der Waals surface area contributed by atoms with Gasteiger partial charge in [0.05, 0.1) is 5.69 Å². The standard InChI is InChI=1S/C12H23N3/c1-6-14(7-2)8-9-15-11(4)10(3)13-12(15)5/h6-9H2,1-5H3. The second-order valence-corrected chi connectivity index (χ2v) is 4.01. The Balaban J connectivity index is 2.64. The van der Waals surface area contributed by atoms with Gasteiger partial charge in [-0.3, -0.25) is 0 Å². The maximum absolute atomic E-state index is 4.48. The molecule has 0 amide bonds. The quantitative estimate of drug-likeness (QED) is 0.741. The highest BCUT2D eigenvalue weighted by atomic mass is 15.2. The van der Waals surface area contributed by atoms with Crippen LogP contribution in [-0.2, 0) is 6.54 Å². The third-order valence-corrected chi connectivity index (χ3v) is 3.18. The molecule has 3 heteroatoms. The first-order valence-electron chi connectivity index (χ1n) is 5.82. The van der Waals surface area contributed by atoms with Crippen molar-refractivity contribution < 1.29 is 0 Å². The molecule has 3 nitrogen and oxygen atoms in total. The average molecular weight is 209 g/mol. The average Bonchev–Trinajstić information content (AvgIpc) is 2.45. The highest BCUT2D eigenvalue weighted by Gasteiger charge is 2.07. The van der Waals surface area contributed by atoms with Crippen LogP contribution in [0.5, 0.6) is 0 Å². The van der Waals surface area contributed by atoms with Crippen molar-refractivity contribution in [2.24, 2.45) is 0 Å². The molecule has 0 saturated carbocycles. The Hall–Kier alpha value is -0.830. The van der Waals surface area contributed by atoms with E-state index in [0.717, 1.165) is 37.7 Å². The number of imidazole rings is 1. The van der Waals surface area contributed by atoms with E-state index in [2.05, 4.69) is 49.1 Å². The number of hydrogen-bond donors (Lipinski definition) is 0. The molecule has 0 radical (unpaired) electrons. The SMILES string of the molecule is CCN(CC)CCn1c(C)nc(C)c1C. The van der Waals surface area contributed by atoms with Crippen molar-refractivity contribution in [3.05, 3.63) is 17.2 Å². The highest BCUT2D eigenvalue weighted by Crippen LogP contribution is 2.09. The van der Waals surface area contributed by atoms with E-state index >= 15 is 0 Å². The van der Waals surface area contributed by atoms with Gasteiger partial charge >= 0.3 is 0 Å². The first-order valence-corrected chi connectivity index (χ1v) is 5.82. The van der Waals surface area contributed by atoms with Gasteiger partial charge in [0.1, 0.15) is 5.82 Å². The van der Waals surface area contributed by atoms with Gasteiger partial charge in [-0.15, -0.1) is 0 Å². The molecule has 0 N–H and O–H groups in total. The van der Waals surface area contributed by atoms with Gasteiger partial charge in [-0.25, -0.2) is 4.98 Å². The number of nitrogens with zero attached hydrogens (tertiary/aromatic N) is 3. The molecule has 1 aromatic heterocycles. The summed E-state index contributed by atoms with van der Waals surface area (Å²) >= 11 is 0. The van der Waals surface area contributed by atoms with Crippen LogP contribution >= 0.6 is 0 Å². The zero-order valence-electron chi connectivity index (χ0n) is 10.7. The first kappa shape index (κ1) is 12.2. The van der Waals surface area contributed by atoms with Crippen molar-refractivity contribution in [2.75, 3.05) is 19.6 Å². The van der Waals surface area contributed by atoms with Gasteiger partial charge < -0.3 is 9.47 Å². The summed E-state index contributed by atoms with van der Waals surface area (Å²) in [6.45, 7) is 15.2. The van der Waals surface area contributed by atoms with Gasteiger partial charge in [-0.1, -0.05) is 13.8 Å². The van der Waals surface area contributed by atoms with Gasteiger partial charge in [-0.2, -0.15) is 0 Å². The van der Waals surface area contributed by atoms with E-state index in [9.17, 15) is 0 Å². The van der Waals surface area contributed by atoms with Gasteiger partial charge in [0, 0.05) is 18.8 Å². The van der Waals surface area contributed by atoms with Gasteiger partial charge in [0.25, 0.3) is 0 Å². The second kappa shape index (κ2) is 5.31. The molecule has 1 rings (SSSR count). The predicted octanol–water partition coefficient (Wildman–Crippen LogP) is 2.15. The van der Waals surface area contributed by atoms with Gasteiger partial charge in [0.2, 0.25) is 0 Å². The van der Waals surface area contributed by atoms with E-state index in [1.54, 1.807) is 0 Å². The fourth-order valence-electron chi connectivity index (χ4n) is 1.93. The van der Waals surface area contributed by atoms with Crippen LogP contribution in [0.2, 0.25) is 0 Å². The Kier molecular flexibility index (Phi) is 4.33. The molecule has 0 aliphatic heterocycles. The van der Waals surface area contributed by atoms with E-state index in [-0.39, 0.29) is 0 Å². The van der Waals surface area contributed by atoms with Crippen molar-refractivity contribution in [1.29, 1.82) is 0 Å². The molecule has 1 aromatic rings. The molecule has 0 atom stereocenters. The minimum Gasteiger partial charge on any atom is -0.331 e. The van der Waals surface area contributed by atoms with Crippen LogP contribution in [0.15, 0.2) is 0 Å². The molecule has 0 aromatic carbocycles. The normalized spacial score (nSPS) is 11.3. The maximum Gasteiger partial charge on any atom is 0.106 e. The highest BCUT2D eigenvalue weighted by molar-refractivity contribution is 5.13. The van der Waals surface area contributed by atoms with Crippen LogP contribution in [0.25, 0.3) is 0 Å². The molecular formula is C12H23N3. The van der Waals surface area contributed by atoms with E-state index < -0.39 is 0 Å². The Labute approximate surface area is 93.1 Å². The molecule has 1 heterocycles. The Morgan fingerprint density at radius 1 is 1.13 bits per heavy atom. The summed E-state index contributed by atoms with van der Waals surface area (Å²) in [6.07, 6.45) is 0. The molecule has 0 unspecified atom stereocenters. The Morgan fingerprint density at radius 3 is 2.13 bits per heavy atom.